The second-order valence-electron chi connectivity index (χ2n) is 4.22. The highest BCUT2D eigenvalue weighted by Gasteiger charge is 2.19. The number of sulfonamides is 1. The number of benzene rings is 1. The fraction of sp³-hybridized carbons (Fsp3) is 0.455. The molecule has 1 fully saturated rings. The van der Waals surface area contributed by atoms with Gasteiger partial charge in [-0.05, 0) is 37.6 Å². The molecule has 4 nitrogen and oxygen atoms in total. The molecular formula is C11H14ClFN2O2S. The van der Waals surface area contributed by atoms with E-state index in [2.05, 4.69) is 10.0 Å². The molecule has 0 aromatic heterocycles. The predicted octanol–water partition coefficient (Wildman–Crippen LogP) is 1.51. The second kappa shape index (κ2) is 5.52. The topological polar surface area (TPSA) is 58.2 Å². The van der Waals surface area contributed by atoms with Crippen molar-refractivity contribution in [1.82, 2.24) is 10.0 Å². The van der Waals surface area contributed by atoms with Crippen LogP contribution >= 0.6 is 11.6 Å². The molecule has 1 heterocycles. The third-order valence-electron chi connectivity index (χ3n) is 2.88. The summed E-state index contributed by atoms with van der Waals surface area (Å²) in [4.78, 5) is -0.0214. The van der Waals surface area contributed by atoms with E-state index in [1.807, 2.05) is 0 Å². The van der Waals surface area contributed by atoms with Gasteiger partial charge in [-0.2, -0.15) is 0 Å². The number of hydrogen-bond donors (Lipinski definition) is 2. The van der Waals surface area contributed by atoms with Crippen molar-refractivity contribution in [3.63, 3.8) is 0 Å². The molecule has 0 radical (unpaired) electrons. The molecule has 0 saturated carbocycles. The van der Waals surface area contributed by atoms with Crippen LogP contribution in [0.2, 0.25) is 5.02 Å². The van der Waals surface area contributed by atoms with Gasteiger partial charge in [0.1, 0.15) is 5.82 Å². The molecule has 0 bridgehead atoms. The van der Waals surface area contributed by atoms with Gasteiger partial charge in [0.05, 0.1) is 9.92 Å². The number of nitrogens with one attached hydrogen (secondary N) is 2. The molecule has 7 heteroatoms. The van der Waals surface area contributed by atoms with E-state index in [0.29, 0.717) is 6.54 Å². The zero-order valence-corrected chi connectivity index (χ0v) is 11.2. The van der Waals surface area contributed by atoms with Crippen LogP contribution in [0.5, 0.6) is 0 Å². The summed E-state index contributed by atoms with van der Waals surface area (Å²) in [6.07, 6.45) is 2.00. The Kier molecular flexibility index (Phi) is 4.21. The van der Waals surface area contributed by atoms with Crippen LogP contribution in [-0.2, 0) is 10.0 Å². The summed E-state index contributed by atoms with van der Waals surface area (Å²) in [7, 11) is -3.63. The third kappa shape index (κ3) is 3.20. The molecule has 1 unspecified atom stereocenters. The molecule has 2 rings (SSSR count). The maximum atomic E-state index is 13.0. The lowest BCUT2D eigenvalue weighted by atomic mass is 10.2. The Hall–Kier alpha value is -0.690. The number of hydrogen-bond acceptors (Lipinski definition) is 3. The lowest BCUT2D eigenvalue weighted by molar-refractivity contribution is 0.551. The molecule has 100 valence electrons. The van der Waals surface area contributed by atoms with Gasteiger partial charge in [0.25, 0.3) is 0 Å². The average molecular weight is 293 g/mol. The highest BCUT2D eigenvalue weighted by atomic mass is 35.5. The summed E-state index contributed by atoms with van der Waals surface area (Å²) >= 11 is 5.57. The zero-order valence-electron chi connectivity index (χ0n) is 9.62. The van der Waals surface area contributed by atoms with Crippen molar-refractivity contribution >= 4 is 21.6 Å². The van der Waals surface area contributed by atoms with Crippen LogP contribution in [0.15, 0.2) is 23.1 Å². The van der Waals surface area contributed by atoms with Gasteiger partial charge < -0.3 is 5.32 Å². The minimum absolute atomic E-state index is 0.0214. The highest BCUT2D eigenvalue weighted by Crippen LogP contribution is 2.19. The zero-order chi connectivity index (χ0) is 13.2. The largest absolute Gasteiger partial charge is 0.313 e. The van der Waals surface area contributed by atoms with Crippen molar-refractivity contribution in [3.05, 3.63) is 29.0 Å². The van der Waals surface area contributed by atoms with Gasteiger partial charge in [-0.3, -0.25) is 0 Å². The Morgan fingerprint density at radius 3 is 2.89 bits per heavy atom. The molecule has 1 aliphatic heterocycles. The van der Waals surface area contributed by atoms with Gasteiger partial charge in [0.2, 0.25) is 10.0 Å². The molecule has 1 aliphatic rings. The van der Waals surface area contributed by atoms with Crippen LogP contribution < -0.4 is 10.0 Å². The fourth-order valence-electron chi connectivity index (χ4n) is 1.87. The van der Waals surface area contributed by atoms with Crippen LogP contribution in [0.4, 0.5) is 4.39 Å². The summed E-state index contributed by atoms with van der Waals surface area (Å²) in [6.45, 7) is 1.24. The van der Waals surface area contributed by atoms with E-state index in [1.165, 1.54) is 6.07 Å². The minimum atomic E-state index is -3.63. The summed E-state index contributed by atoms with van der Waals surface area (Å²) in [5, 5.41) is 2.99. The maximum Gasteiger partial charge on any atom is 0.240 e. The molecule has 1 saturated heterocycles. The quantitative estimate of drug-likeness (QED) is 0.884. The molecule has 1 aromatic rings. The van der Waals surface area contributed by atoms with Crippen molar-refractivity contribution in [2.24, 2.45) is 0 Å². The standard InChI is InChI=1S/C11H14ClFN2O2S/c12-10-6-9(3-4-11(10)13)18(16,17)15-7-8-2-1-5-14-8/h3-4,6,8,14-15H,1-2,5,7H2. The molecule has 2 N–H and O–H groups in total. The van der Waals surface area contributed by atoms with Gasteiger partial charge in [-0.1, -0.05) is 11.6 Å². The molecule has 1 aromatic carbocycles. The van der Waals surface area contributed by atoms with Crippen LogP contribution in [0.1, 0.15) is 12.8 Å². The van der Waals surface area contributed by atoms with Crippen LogP contribution in [0, 0.1) is 5.82 Å². The fourth-order valence-corrected chi connectivity index (χ4v) is 3.22. The van der Waals surface area contributed by atoms with Crippen molar-refractivity contribution in [3.8, 4) is 0 Å². The SMILES string of the molecule is O=S(=O)(NCC1CCCN1)c1ccc(F)c(Cl)c1. The first-order valence-corrected chi connectivity index (χ1v) is 7.53. The first kappa shape index (κ1) is 13.7. The Labute approximate surface area is 111 Å². The summed E-state index contributed by atoms with van der Waals surface area (Å²) in [5.74, 6) is -0.631. The van der Waals surface area contributed by atoms with Gasteiger partial charge in [0.15, 0.2) is 0 Å². The highest BCUT2D eigenvalue weighted by molar-refractivity contribution is 7.89. The van der Waals surface area contributed by atoms with E-state index in [-0.39, 0.29) is 16.0 Å². The van der Waals surface area contributed by atoms with Gasteiger partial charge in [0, 0.05) is 12.6 Å². The first-order chi connectivity index (χ1) is 8.49. The van der Waals surface area contributed by atoms with Crippen molar-refractivity contribution < 1.29 is 12.8 Å². The summed E-state index contributed by atoms with van der Waals surface area (Å²) < 4.78 is 39.3. The van der Waals surface area contributed by atoms with E-state index in [4.69, 9.17) is 11.6 Å². The normalized spacial score (nSPS) is 20.2. The van der Waals surface area contributed by atoms with Crippen molar-refractivity contribution in [2.75, 3.05) is 13.1 Å². The smallest absolute Gasteiger partial charge is 0.240 e. The minimum Gasteiger partial charge on any atom is -0.313 e. The van der Waals surface area contributed by atoms with E-state index < -0.39 is 15.8 Å². The van der Waals surface area contributed by atoms with E-state index in [1.54, 1.807) is 0 Å². The molecule has 0 aliphatic carbocycles. The van der Waals surface area contributed by atoms with E-state index in [9.17, 15) is 12.8 Å². The summed E-state index contributed by atoms with van der Waals surface area (Å²) in [5.41, 5.74) is 0. The molecule has 18 heavy (non-hydrogen) atoms. The Morgan fingerprint density at radius 1 is 1.50 bits per heavy atom. The van der Waals surface area contributed by atoms with Gasteiger partial charge in [-0.25, -0.2) is 17.5 Å². The molecular weight excluding hydrogens is 279 g/mol. The monoisotopic (exact) mass is 292 g/mol. The first-order valence-electron chi connectivity index (χ1n) is 5.67. The molecule has 1 atom stereocenters. The Bertz CT molecular complexity index is 530. The average Bonchev–Trinajstić information content (AvgIpc) is 2.83. The lowest BCUT2D eigenvalue weighted by Crippen LogP contribution is -2.37. The lowest BCUT2D eigenvalue weighted by Gasteiger charge is -2.12. The third-order valence-corrected chi connectivity index (χ3v) is 4.59. The predicted molar refractivity (Wildman–Crippen MR) is 67.6 cm³/mol. The Balaban J connectivity index is 2.07. The van der Waals surface area contributed by atoms with E-state index in [0.717, 1.165) is 31.5 Å². The Morgan fingerprint density at radius 2 is 2.28 bits per heavy atom. The maximum absolute atomic E-state index is 13.0. The number of halogens is 2. The van der Waals surface area contributed by atoms with Crippen LogP contribution in [0.3, 0.4) is 0 Å². The summed E-state index contributed by atoms with van der Waals surface area (Å²) in [6, 6.07) is 3.52. The van der Waals surface area contributed by atoms with Crippen molar-refractivity contribution in [2.45, 2.75) is 23.8 Å². The van der Waals surface area contributed by atoms with Crippen LogP contribution in [-0.4, -0.2) is 27.5 Å². The second-order valence-corrected chi connectivity index (χ2v) is 6.40. The van der Waals surface area contributed by atoms with Gasteiger partial charge in [-0.15, -0.1) is 0 Å². The van der Waals surface area contributed by atoms with Gasteiger partial charge >= 0.3 is 0 Å². The van der Waals surface area contributed by atoms with Crippen LogP contribution in [0.25, 0.3) is 0 Å². The van der Waals surface area contributed by atoms with Crippen molar-refractivity contribution in [1.29, 1.82) is 0 Å². The number of rotatable bonds is 4. The molecule has 0 spiro atoms. The molecule has 0 amide bonds. The van der Waals surface area contributed by atoms with E-state index >= 15 is 0 Å².